The zero-order chi connectivity index (χ0) is 17.0. The largest absolute Gasteiger partial charge is 0.339 e. The highest BCUT2D eigenvalue weighted by Crippen LogP contribution is 2.23. The van der Waals surface area contributed by atoms with Gasteiger partial charge in [-0.05, 0) is 32.0 Å². The number of aromatic nitrogens is 2. The summed E-state index contributed by atoms with van der Waals surface area (Å²) < 4.78 is 1.55. The fourth-order valence-corrected chi connectivity index (χ4v) is 2.45. The van der Waals surface area contributed by atoms with E-state index in [1.54, 1.807) is 41.0 Å². The Morgan fingerprint density at radius 2 is 2.00 bits per heavy atom. The Morgan fingerprint density at radius 3 is 2.52 bits per heavy atom. The maximum atomic E-state index is 12.3. The first kappa shape index (κ1) is 17.0. The van der Waals surface area contributed by atoms with Crippen molar-refractivity contribution in [3.63, 3.8) is 0 Å². The summed E-state index contributed by atoms with van der Waals surface area (Å²) in [4.78, 5) is 26.1. The molecule has 0 aliphatic carbocycles. The second-order valence-corrected chi connectivity index (χ2v) is 5.44. The molecule has 1 aromatic heterocycles. The van der Waals surface area contributed by atoms with Gasteiger partial charge in [-0.25, -0.2) is 0 Å². The number of halogens is 1. The molecule has 0 aliphatic heterocycles. The highest BCUT2D eigenvalue weighted by molar-refractivity contribution is 6.34. The standard InChI is InChI=1S/C16H19ClN4O2/c1-4-21(5-2)16(23)13-7-6-12(8-14(13)17)19-15(22)11-9-18-20(3)10-11/h6-10H,4-5H2,1-3H3,(H,19,22). The topological polar surface area (TPSA) is 67.2 Å². The molecule has 0 atom stereocenters. The Balaban J connectivity index is 2.16. The van der Waals surface area contributed by atoms with Gasteiger partial charge >= 0.3 is 0 Å². The predicted molar refractivity (Wildman–Crippen MR) is 89.9 cm³/mol. The van der Waals surface area contributed by atoms with Crippen LogP contribution in [0.3, 0.4) is 0 Å². The van der Waals surface area contributed by atoms with E-state index in [-0.39, 0.29) is 11.8 Å². The van der Waals surface area contributed by atoms with Gasteiger partial charge < -0.3 is 10.2 Å². The summed E-state index contributed by atoms with van der Waals surface area (Å²) in [5.74, 6) is -0.401. The van der Waals surface area contributed by atoms with E-state index >= 15 is 0 Å². The third-order valence-corrected chi connectivity index (χ3v) is 3.79. The Kier molecular flexibility index (Phi) is 5.39. The molecule has 0 spiro atoms. The molecule has 7 heteroatoms. The number of rotatable bonds is 5. The average molecular weight is 335 g/mol. The number of carbonyl (C=O) groups excluding carboxylic acids is 2. The fourth-order valence-electron chi connectivity index (χ4n) is 2.19. The summed E-state index contributed by atoms with van der Waals surface area (Å²) in [6.07, 6.45) is 3.10. The molecule has 122 valence electrons. The van der Waals surface area contributed by atoms with Gasteiger partial charge in [-0.2, -0.15) is 5.10 Å². The molecule has 1 aromatic carbocycles. The first-order valence-corrected chi connectivity index (χ1v) is 7.72. The number of anilines is 1. The van der Waals surface area contributed by atoms with Crippen molar-refractivity contribution in [3.8, 4) is 0 Å². The van der Waals surface area contributed by atoms with Crippen LogP contribution in [0.25, 0.3) is 0 Å². The minimum atomic E-state index is -0.281. The minimum Gasteiger partial charge on any atom is -0.339 e. The first-order chi connectivity index (χ1) is 11.0. The number of amides is 2. The van der Waals surface area contributed by atoms with Gasteiger partial charge in [0, 0.05) is 32.0 Å². The van der Waals surface area contributed by atoms with E-state index in [4.69, 9.17) is 11.6 Å². The van der Waals surface area contributed by atoms with Gasteiger partial charge in [-0.1, -0.05) is 11.6 Å². The third-order valence-electron chi connectivity index (χ3n) is 3.48. The van der Waals surface area contributed by atoms with Gasteiger partial charge in [0.05, 0.1) is 22.3 Å². The molecule has 0 saturated carbocycles. The van der Waals surface area contributed by atoms with Crippen molar-refractivity contribution in [1.82, 2.24) is 14.7 Å². The Bertz CT molecular complexity index is 723. The zero-order valence-electron chi connectivity index (χ0n) is 13.3. The molecular weight excluding hydrogens is 316 g/mol. The van der Waals surface area contributed by atoms with Gasteiger partial charge in [0.2, 0.25) is 0 Å². The van der Waals surface area contributed by atoms with Crippen molar-refractivity contribution in [2.24, 2.45) is 7.05 Å². The number of benzene rings is 1. The van der Waals surface area contributed by atoms with Gasteiger partial charge in [0.1, 0.15) is 0 Å². The quantitative estimate of drug-likeness (QED) is 0.914. The normalized spacial score (nSPS) is 10.4. The van der Waals surface area contributed by atoms with E-state index in [1.807, 2.05) is 13.8 Å². The van der Waals surface area contributed by atoms with Crippen molar-refractivity contribution in [2.75, 3.05) is 18.4 Å². The summed E-state index contributed by atoms with van der Waals surface area (Å²) >= 11 is 6.20. The summed E-state index contributed by atoms with van der Waals surface area (Å²) in [7, 11) is 1.74. The molecule has 2 aromatic rings. The minimum absolute atomic E-state index is 0.120. The van der Waals surface area contributed by atoms with Crippen molar-refractivity contribution < 1.29 is 9.59 Å². The molecule has 2 rings (SSSR count). The Morgan fingerprint density at radius 1 is 1.30 bits per heavy atom. The number of hydrogen-bond donors (Lipinski definition) is 1. The van der Waals surface area contributed by atoms with Crippen LogP contribution in [-0.4, -0.2) is 39.6 Å². The summed E-state index contributed by atoms with van der Waals surface area (Å²) in [5.41, 5.74) is 1.40. The molecule has 1 heterocycles. The lowest BCUT2D eigenvalue weighted by Gasteiger charge is -2.19. The predicted octanol–water partition coefficient (Wildman–Crippen LogP) is 2.81. The van der Waals surface area contributed by atoms with Crippen LogP contribution in [0.15, 0.2) is 30.6 Å². The molecular formula is C16H19ClN4O2. The van der Waals surface area contributed by atoms with Crippen LogP contribution in [0, 0.1) is 0 Å². The number of hydrogen-bond acceptors (Lipinski definition) is 3. The van der Waals surface area contributed by atoms with Crippen LogP contribution in [0.1, 0.15) is 34.6 Å². The van der Waals surface area contributed by atoms with Crippen molar-refractivity contribution in [3.05, 3.63) is 46.7 Å². The third kappa shape index (κ3) is 3.90. The first-order valence-electron chi connectivity index (χ1n) is 7.35. The zero-order valence-corrected chi connectivity index (χ0v) is 14.1. The van der Waals surface area contributed by atoms with Gasteiger partial charge in [0.25, 0.3) is 11.8 Å². The molecule has 6 nitrogen and oxygen atoms in total. The van der Waals surface area contributed by atoms with Crippen molar-refractivity contribution in [2.45, 2.75) is 13.8 Å². The van der Waals surface area contributed by atoms with Gasteiger partial charge in [0.15, 0.2) is 0 Å². The van der Waals surface area contributed by atoms with Gasteiger partial charge in [-0.15, -0.1) is 0 Å². The molecule has 1 N–H and O–H groups in total. The lowest BCUT2D eigenvalue weighted by Crippen LogP contribution is -2.30. The van der Waals surface area contributed by atoms with E-state index < -0.39 is 0 Å². The fraction of sp³-hybridized carbons (Fsp3) is 0.312. The number of carbonyl (C=O) groups is 2. The molecule has 0 aliphatic rings. The molecule has 0 fully saturated rings. The van der Waals surface area contributed by atoms with E-state index in [0.29, 0.717) is 34.9 Å². The van der Waals surface area contributed by atoms with Crippen molar-refractivity contribution >= 4 is 29.1 Å². The maximum absolute atomic E-state index is 12.3. The highest BCUT2D eigenvalue weighted by Gasteiger charge is 2.17. The lowest BCUT2D eigenvalue weighted by atomic mass is 10.1. The Labute approximate surface area is 140 Å². The van der Waals surface area contributed by atoms with E-state index in [1.165, 1.54) is 6.20 Å². The SMILES string of the molecule is CCN(CC)C(=O)c1ccc(NC(=O)c2cnn(C)c2)cc1Cl. The summed E-state index contributed by atoms with van der Waals surface area (Å²) in [5, 5.41) is 7.00. The number of nitrogens with zero attached hydrogens (tertiary/aromatic N) is 3. The van der Waals surface area contributed by atoms with Crippen molar-refractivity contribution in [1.29, 1.82) is 0 Å². The molecule has 0 saturated heterocycles. The average Bonchev–Trinajstić information content (AvgIpc) is 2.95. The molecule has 0 unspecified atom stereocenters. The monoisotopic (exact) mass is 334 g/mol. The lowest BCUT2D eigenvalue weighted by molar-refractivity contribution is 0.0773. The molecule has 2 amide bonds. The summed E-state index contributed by atoms with van der Waals surface area (Å²) in [6.45, 7) is 5.06. The van der Waals surface area contributed by atoms with Crippen LogP contribution in [0.5, 0.6) is 0 Å². The highest BCUT2D eigenvalue weighted by atomic mass is 35.5. The van der Waals surface area contributed by atoms with Gasteiger partial charge in [-0.3, -0.25) is 14.3 Å². The van der Waals surface area contributed by atoms with Crippen LogP contribution in [-0.2, 0) is 7.05 Å². The molecule has 23 heavy (non-hydrogen) atoms. The second kappa shape index (κ2) is 7.28. The van der Waals surface area contributed by atoms with Crippen LogP contribution in [0.4, 0.5) is 5.69 Å². The van der Waals surface area contributed by atoms with E-state index in [2.05, 4.69) is 10.4 Å². The van der Waals surface area contributed by atoms with E-state index in [0.717, 1.165) is 0 Å². The summed E-state index contributed by atoms with van der Waals surface area (Å²) in [6, 6.07) is 4.87. The number of aryl methyl sites for hydroxylation is 1. The van der Waals surface area contributed by atoms with E-state index in [9.17, 15) is 9.59 Å². The Hall–Kier alpha value is -2.34. The van der Waals surface area contributed by atoms with Crippen LogP contribution in [0.2, 0.25) is 5.02 Å². The molecule has 0 bridgehead atoms. The molecule has 0 radical (unpaired) electrons. The van der Waals surface area contributed by atoms with Crippen LogP contribution >= 0.6 is 11.6 Å². The smallest absolute Gasteiger partial charge is 0.258 e. The maximum Gasteiger partial charge on any atom is 0.258 e. The number of nitrogens with one attached hydrogen (secondary N) is 1. The second-order valence-electron chi connectivity index (χ2n) is 5.03. The van der Waals surface area contributed by atoms with Crippen LogP contribution < -0.4 is 5.32 Å².